The molecule has 0 fully saturated rings. The Bertz CT molecular complexity index is 829. The number of likely N-dealkylation sites (N-methyl/N-ethyl adjacent to an activating group) is 1. The van der Waals surface area contributed by atoms with Crippen molar-refractivity contribution in [2.45, 2.75) is 19.0 Å². The Morgan fingerprint density at radius 1 is 1.36 bits per heavy atom. The number of amides is 1. The Morgan fingerprint density at radius 2 is 2.08 bits per heavy atom. The van der Waals surface area contributed by atoms with Crippen molar-refractivity contribution in [3.05, 3.63) is 54.0 Å². The number of H-pyrrole nitrogens is 1. The Balaban J connectivity index is 0.00000156. The lowest BCUT2D eigenvalue weighted by molar-refractivity contribution is -0.131. The summed E-state index contributed by atoms with van der Waals surface area (Å²) in [6, 6.07) is 7.46. The largest absolute Gasteiger partial charge is 0.361 e. The number of halogens is 2. The summed E-state index contributed by atoms with van der Waals surface area (Å²) in [6.07, 6.45) is 6.10. The van der Waals surface area contributed by atoms with E-state index in [-0.39, 0.29) is 30.7 Å². The molecule has 0 aliphatic rings. The van der Waals surface area contributed by atoms with Crippen LogP contribution in [0.3, 0.4) is 0 Å². The van der Waals surface area contributed by atoms with Gasteiger partial charge in [-0.05, 0) is 18.1 Å². The Kier molecular flexibility index (Phi) is 7.48. The zero-order valence-corrected chi connectivity index (χ0v) is 15.8. The number of carbonyl (C=O) groups is 1. The molecule has 0 aliphatic carbocycles. The summed E-state index contributed by atoms with van der Waals surface area (Å²) in [5, 5.41) is 5.23. The van der Waals surface area contributed by atoms with Gasteiger partial charge in [0.25, 0.3) is 0 Å². The number of nitrogens with one attached hydrogen (secondary N) is 1. The molecule has 1 atom stereocenters. The molecule has 0 aliphatic heterocycles. The third-order valence-electron chi connectivity index (χ3n) is 3.99. The van der Waals surface area contributed by atoms with Gasteiger partial charge in [-0.25, -0.2) is 0 Å². The Morgan fingerprint density at radius 3 is 2.76 bits per heavy atom. The van der Waals surface area contributed by atoms with Gasteiger partial charge in [0.2, 0.25) is 5.91 Å². The van der Waals surface area contributed by atoms with E-state index in [1.807, 2.05) is 43.7 Å². The third-order valence-corrected chi connectivity index (χ3v) is 3.99. The maximum atomic E-state index is 12.5. The highest BCUT2D eigenvalue weighted by atomic mass is 35.5. The van der Waals surface area contributed by atoms with Gasteiger partial charge >= 0.3 is 0 Å². The monoisotopic (exact) mass is 383 g/mol. The number of fused-ring (bicyclic) bond motifs is 1. The minimum atomic E-state index is -0.559. The molecule has 3 rings (SSSR count). The summed E-state index contributed by atoms with van der Waals surface area (Å²) in [7, 11) is 3.62. The Labute approximate surface area is 159 Å². The smallest absolute Gasteiger partial charge is 0.239 e. The average molecular weight is 384 g/mol. The minimum Gasteiger partial charge on any atom is -0.361 e. The van der Waals surface area contributed by atoms with Gasteiger partial charge in [0.1, 0.15) is 0 Å². The minimum absolute atomic E-state index is 0. The Hall–Kier alpha value is -2.02. The quantitative estimate of drug-likeness (QED) is 0.708. The number of aryl methyl sites for hydroxylation is 1. The van der Waals surface area contributed by atoms with E-state index in [9.17, 15) is 4.79 Å². The lowest BCUT2D eigenvalue weighted by Gasteiger charge is -2.20. The zero-order valence-electron chi connectivity index (χ0n) is 14.2. The van der Waals surface area contributed by atoms with E-state index < -0.39 is 6.04 Å². The maximum absolute atomic E-state index is 12.5. The highest BCUT2D eigenvalue weighted by Gasteiger charge is 2.20. The van der Waals surface area contributed by atoms with Crippen LogP contribution >= 0.6 is 24.8 Å². The molecule has 3 N–H and O–H groups in total. The number of hydrogen-bond acceptors (Lipinski definition) is 3. The van der Waals surface area contributed by atoms with Crippen LogP contribution in [0, 0.1) is 0 Å². The van der Waals surface area contributed by atoms with Crippen molar-refractivity contribution in [1.29, 1.82) is 0 Å². The number of benzene rings is 1. The maximum Gasteiger partial charge on any atom is 0.239 e. The van der Waals surface area contributed by atoms with E-state index in [1.54, 1.807) is 22.8 Å². The van der Waals surface area contributed by atoms with Crippen LogP contribution in [0.5, 0.6) is 0 Å². The summed E-state index contributed by atoms with van der Waals surface area (Å²) in [4.78, 5) is 17.3. The number of nitrogens with two attached hydrogens (primary N) is 1. The van der Waals surface area contributed by atoms with Gasteiger partial charge in [-0.2, -0.15) is 5.10 Å². The van der Waals surface area contributed by atoms with E-state index in [0.717, 1.165) is 22.0 Å². The fourth-order valence-corrected chi connectivity index (χ4v) is 2.81. The first-order valence-corrected chi connectivity index (χ1v) is 7.57. The molecule has 0 spiro atoms. The first kappa shape index (κ1) is 21.0. The van der Waals surface area contributed by atoms with Crippen LogP contribution in [-0.4, -0.2) is 38.7 Å². The highest BCUT2D eigenvalue weighted by molar-refractivity contribution is 5.86. The summed E-state index contributed by atoms with van der Waals surface area (Å²) >= 11 is 0. The van der Waals surface area contributed by atoms with Crippen molar-refractivity contribution in [3.63, 3.8) is 0 Å². The summed E-state index contributed by atoms with van der Waals surface area (Å²) in [5.74, 6) is -0.0702. The number of hydrogen-bond donors (Lipinski definition) is 2. The molecule has 136 valence electrons. The molecule has 6 nitrogen and oxygen atoms in total. The molecule has 2 heterocycles. The van der Waals surface area contributed by atoms with E-state index in [2.05, 4.69) is 10.1 Å². The average Bonchev–Trinajstić information content (AvgIpc) is 3.13. The molecule has 0 bridgehead atoms. The van der Waals surface area contributed by atoms with Gasteiger partial charge in [0.05, 0.1) is 12.2 Å². The summed E-state index contributed by atoms with van der Waals surface area (Å²) < 4.78 is 1.72. The highest BCUT2D eigenvalue weighted by Crippen LogP contribution is 2.19. The lowest BCUT2D eigenvalue weighted by atomic mass is 10.0. The fourth-order valence-electron chi connectivity index (χ4n) is 2.81. The van der Waals surface area contributed by atoms with Crippen LogP contribution in [0.15, 0.2) is 42.9 Å². The third kappa shape index (κ3) is 4.75. The molecule has 25 heavy (non-hydrogen) atoms. The summed E-state index contributed by atoms with van der Waals surface area (Å²) in [6.45, 7) is 0.508. The first-order valence-electron chi connectivity index (χ1n) is 7.57. The van der Waals surface area contributed by atoms with Gasteiger partial charge in [0, 0.05) is 49.5 Å². The second-order valence-electron chi connectivity index (χ2n) is 5.89. The molecular weight excluding hydrogens is 361 g/mol. The second kappa shape index (κ2) is 8.89. The SMILES string of the molecule is CN(Cc1cnn(C)c1)C(=O)[C@@H](N)Cc1c[nH]c2ccccc12.Cl.Cl. The van der Waals surface area contributed by atoms with Gasteiger partial charge in [-0.1, -0.05) is 18.2 Å². The fraction of sp³-hybridized carbons (Fsp3) is 0.294. The molecule has 1 aromatic carbocycles. The van der Waals surface area contributed by atoms with Gasteiger partial charge in [0.15, 0.2) is 0 Å². The van der Waals surface area contributed by atoms with Gasteiger partial charge in [-0.3, -0.25) is 9.48 Å². The molecule has 8 heteroatoms. The van der Waals surface area contributed by atoms with Crippen LogP contribution in [0.25, 0.3) is 10.9 Å². The van der Waals surface area contributed by atoms with Crippen LogP contribution in [0.1, 0.15) is 11.1 Å². The van der Waals surface area contributed by atoms with Crippen molar-refractivity contribution < 1.29 is 4.79 Å². The lowest BCUT2D eigenvalue weighted by Crippen LogP contribution is -2.42. The van der Waals surface area contributed by atoms with E-state index in [0.29, 0.717) is 13.0 Å². The number of aromatic amines is 1. The molecule has 1 amide bonds. The summed E-state index contributed by atoms with van der Waals surface area (Å²) in [5.41, 5.74) is 9.25. The normalized spacial score (nSPS) is 11.5. The van der Waals surface area contributed by atoms with Crippen LogP contribution in [0.2, 0.25) is 0 Å². The second-order valence-corrected chi connectivity index (χ2v) is 5.89. The predicted octanol–water partition coefficient (Wildman–Crippen LogP) is 2.27. The number of carbonyl (C=O) groups excluding carboxylic acids is 1. The number of aromatic nitrogens is 3. The van der Waals surface area contributed by atoms with Crippen molar-refractivity contribution in [2.24, 2.45) is 12.8 Å². The van der Waals surface area contributed by atoms with Crippen LogP contribution in [0.4, 0.5) is 0 Å². The zero-order chi connectivity index (χ0) is 16.4. The predicted molar refractivity (Wildman–Crippen MR) is 104 cm³/mol. The van der Waals surface area contributed by atoms with Crippen LogP contribution in [-0.2, 0) is 24.8 Å². The standard InChI is InChI=1S/C17H21N5O.2ClH/c1-21(10-12-8-20-22(2)11-12)17(23)15(18)7-13-9-19-16-6-4-3-5-14(13)16;;/h3-6,8-9,11,15,19H,7,10,18H2,1-2H3;2*1H/t15-;;/m0../s1. The number of para-hydroxylation sites is 1. The van der Waals surface area contributed by atoms with Crippen molar-refractivity contribution in [3.8, 4) is 0 Å². The molecule has 0 saturated heterocycles. The van der Waals surface area contributed by atoms with E-state index in [4.69, 9.17) is 5.73 Å². The van der Waals surface area contributed by atoms with Gasteiger partial charge in [-0.15, -0.1) is 24.8 Å². The first-order chi connectivity index (χ1) is 11.0. The molecular formula is C17H23Cl2N5O. The molecule has 2 aromatic heterocycles. The van der Waals surface area contributed by atoms with E-state index in [1.165, 1.54) is 0 Å². The van der Waals surface area contributed by atoms with Crippen molar-refractivity contribution in [1.82, 2.24) is 19.7 Å². The number of nitrogens with zero attached hydrogens (tertiary/aromatic N) is 3. The van der Waals surface area contributed by atoms with Gasteiger partial charge < -0.3 is 15.6 Å². The topological polar surface area (TPSA) is 79.9 Å². The van der Waals surface area contributed by atoms with E-state index >= 15 is 0 Å². The van der Waals surface area contributed by atoms with Crippen molar-refractivity contribution >= 4 is 41.6 Å². The van der Waals surface area contributed by atoms with Crippen LogP contribution < -0.4 is 5.73 Å². The number of rotatable bonds is 5. The molecule has 0 saturated carbocycles. The molecule has 3 aromatic rings. The molecule has 0 radical (unpaired) electrons. The van der Waals surface area contributed by atoms with Crippen molar-refractivity contribution in [2.75, 3.05) is 7.05 Å². The molecule has 0 unspecified atom stereocenters.